The third-order valence-electron chi connectivity index (χ3n) is 4.06. The Kier molecular flexibility index (Phi) is 8.82. The van der Waals surface area contributed by atoms with Crippen molar-refractivity contribution in [3.63, 3.8) is 0 Å². The lowest BCUT2D eigenvalue weighted by atomic mass is 9.80. The van der Waals surface area contributed by atoms with Crippen molar-refractivity contribution in [2.75, 3.05) is 7.11 Å². The highest BCUT2D eigenvalue weighted by atomic mass is 16.6. The fourth-order valence-electron chi connectivity index (χ4n) is 2.42. The van der Waals surface area contributed by atoms with Crippen LogP contribution in [-0.4, -0.2) is 36.7 Å². The van der Waals surface area contributed by atoms with Gasteiger partial charge in [0.05, 0.1) is 5.60 Å². The number of Topliss-reactive ketones (excluding diaryl/α,β-unsaturated/α-hetero) is 1. The minimum Gasteiger partial charge on any atom is -0.446 e. The Morgan fingerprint density at radius 1 is 1.04 bits per heavy atom. The van der Waals surface area contributed by atoms with Gasteiger partial charge >= 0.3 is 6.09 Å². The molecular weight excluding hydrogens is 294 g/mol. The summed E-state index contributed by atoms with van der Waals surface area (Å²) in [6.45, 7) is 13.1. The van der Waals surface area contributed by atoms with Gasteiger partial charge in [0, 0.05) is 12.5 Å². The molecule has 1 unspecified atom stereocenters. The van der Waals surface area contributed by atoms with E-state index in [9.17, 15) is 9.59 Å². The maximum Gasteiger partial charge on any atom is 0.408 e. The summed E-state index contributed by atoms with van der Waals surface area (Å²) in [5.74, 6) is -0.0716. The molecule has 136 valence electrons. The van der Waals surface area contributed by atoms with Crippen LogP contribution in [0.2, 0.25) is 0 Å². The van der Waals surface area contributed by atoms with Gasteiger partial charge in [-0.3, -0.25) is 4.79 Å². The zero-order chi connectivity index (χ0) is 18.3. The molecule has 0 aliphatic heterocycles. The summed E-state index contributed by atoms with van der Waals surface area (Å²) < 4.78 is 10.8. The molecule has 0 spiro atoms. The Morgan fingerprint density at radius 2 is 1.52 bits per heavy atom. The first kappa shape index (κ1) is 21.9. The maximum atomic E-state index is 12.6. The number of ketones is 1. The monoisotopic (exact) mass is 329 g/mol. The SMILES string of the molecule is CC.COC(C)(C)C(NC(=O)OC1CCCC1)C(=O)C(C)(C)C. The summed E-state index contributed by atoms with van der Waals surface area (Å²) in [6, 6.07) is -0.739. The Morgan fingerprint density at radius 3 is 1.91 bits per heavy atom. The van der Waals surface area contributed by atoms with E-state index in [1.807, 2.05) is 34.6 Å². The fraction of sp³-hybridized carbons (Fsp3) is 0.889. The van der Waals surface area contributed by atoms with E-state index >= 15 is 0 Å². The van der Waals surface area contributed by atoms with E-state index in [0.717, 1.165) is 25.7 Å². The largest absolute Gasteiger partial charge is 0.446 e. The van der Waals surface area contributed by atoms with E-state index < -0.39 is 23.2 Å². The first-order valence-electron chi connectivity index (χ1n) is 8.64. The van der Waals surface area contributed by atoms with Gasteiger partial charge in [0.2, 0.25) is 0 Å². The molecule has 1 saturated carbocycles. The zero-order valence-electron chi connectivity index (χ0n) is 16.1. The molecule has 0 aromatic rings. The van der Waals surface area contributed by atoms with Crippen molar-refractivity contribution < 1.29 is 19.1 Å². The van der Waals surface area contributed by atoms with E-state index in [2.05, 4.69) is 5.32 Å². The number of methoxy groups -OCH3 is 1. The maximum absolute atomic E-state index is 12.6. The lowest BCUT2D eigenvalue weighted by molar-refractivity contribution is -0.135. The van der Waals surface area contributed by atoms with Crippen molar-refractivity contribution >= 4 is 11.9 Å². The topological polar surface area (TPSA) is 64.6 Å². The smallest absolute Gasteiger partial charge is 0.408 e. The molecule has 0 bridgehead atoms. The van der Waals surface area contributed by atoms with Gasteiger partial charge in [-0.2, -0.15) is 0 Å². The number of hydrogen-bond acceptors (Lipinski definition) is 4. The van der Waals surface area contributed by atoms with Crippen LogP contribution >= 0.6 is 0 Å². The third kappa shape index (κ3) is 6.90. The van der Waals surface area contributed by atoms with Crippen LogP contribution in [0.3, 0.4) is 0 Å². The number of nitrogens with one attached hydrogen (secondary N) is 1. The van der Waals surface area contributed by atoms with Crippen LogP contribution < -0.4 is 5.32 Å². The molecule has 5 heteroatoms. The highest BCUT2D eigenvalue weighted by molar-refractivity contribution is 5.92. The average molecular weight is 329 g/mol. The molecule has 5 nitrogen and oxygen atoms in total. The number of alkyl carbamates (subject to hydrolysis) is 1. The van der Waals surface area contributed by atoms with Gasteiger partial charge in [-0.1, -0.05) is 34.6 Å². The molecule has 0 aromatic carbocycles. The summed E-state index contributed by atoms with van der Waals surface area (Å²) in [5, 5.41) is 2.71. The molecule has 1 aliphatic carbocycles. The van der Waals surface area contributed by atoms with Crippen LogP contribution in [0.25, 0.3) is 0 Å². The van der Waals surface area contributed by atoms with Crippen LogP contribution in [0.15, 0.2) is 0 Å². The van der Waals surface area contributed by atoms with Crippen LogP contribution in [0.5, 0.6) is 0 Å². The molecule has 1 atom stereocenters. The van der Waals surface area contributed by atoms with Crippen LogP contribution in [0.4, 0.5) is 4.79 Å². The predicted molar refractivity (Wildman–Crippen MR) is 92.6 cm³/mol. The quantitative estimate of drug-likeness (QED) is 0.825. The van der Waals surface area contributed by atoms with Crippen molar-refractivity contribution in [1.29, 1.82) is 0 Å². The highest BCUT2D eigenvalue weighted by Crippen LogP contribution is 2.25. The highest BCUT2D eigenvalue weighted by Gasteiger charge is 2.41. The van der Waals surface area contributed by atoms with Gasteiger partial charge in [0.1, 0.15) is 12.1 Å². The average Bonchev–Trinajstić information content (AvgIpc) is 2.98. The van der Waals surface area contributed by atoms with Gasteiger partial charge in [0.25, 0.3) is 0 Å². The van der Waals surface area contributed by atoms with Crippen LogP contribution in [-0.2, 0) is 14.3 Å². The van der Waals surface area contributed by atoms with E-state index in [1.165, 1.54) is 7.11 Å². The minimum absolute atomic E-state index is 0.0268. The Hall–Kier alpha value is -1.10. The first-order chi connectivity index (χ1) is 10.6. The molecule has 23 heavy (non-hydrogen) atoms. The second-order valence-corrected chi connectivity index (χ2v) is 7.31. The molecule has 0 aromatic heterocycles. The zero-order valence-corrected chi connectivity index (χ0v) is 16.1. The summed E-state index contributed by atoms with van der Waals surface area (Å²) in [6.07, 6.45) is 3.42. The Labute approximate surface area is 141 Å². The second-order valence-electron chi connectivity index (χ2n) is 7.31. The minimum atomic E-state index is -0.793. The number of ether oxygens (including phenoxy) is 2. The summed E-state index contributed by atoms with van der Waals surface area (Å²) in [5.41, 5.74) is -1.36. The van der Waals surface area contributed by atoms with E-state index in [1.54, 1.807) is 13.8 Å². The Balaban J connectivity index is 0.00000232. The fourth-order valence-corrected chi connectivity index (χ4v) is 2.42. The van der Waals surface area contributed by atoms with Crippen molar-refractivity contribution in [2.45, 2.75) is 91.9 Å². The van der Waals surface area contributed by atoms with Crippen molar-refractivity contribution in [1.82, 2.24) is 5.32 Å². The number of hydrogen-bond donors (Lipinski definition) is 1. The summed E-state index contributed by atoms with van der Waals surface area (Å²) in [7, 11) is 1.53. The van der Waals surface area contributed by atoms with Gasteiger partial charge in [0.15, 0.2) is 5.78 Å². The normalized spacial score (nSPS) is 17.0. The number of rotatable bonds is 5. The molecule has 0 saturated heterocycles. The van der Waals surface area contributed by atoms with Gasteiger partial charge in [-0.25, -0.2) is 4.79 Å². The molecular formula is C18H35NO4. The molecule has 1 aliphatic rings. The van der Waals surface area contributed by atoms with Gasteiger partial charge in [-0.05, 0) is 39.5 Å². The molecule has 0 radical (unpaired) electrons. The Bertz CT molecular complexity index is 379. The first-order valence-corrected chi connectivity index (χ1v) is 8.64. The molecule has 1 N–H and O–H groups in total. The number of carbonyl (C=O) groups is 2. The molecule has 1 fully saturated rings. The number of amides is 1. The standard InChI is InChI=1S/C16H29NO4.C2H6/c1-15(2,3)13(18)12(16(4,5)20-6)17-14(19)21-11-9-7-8-10-11;1-2/h11-12H,7-10H2,1-6H3,(H,17,19);1-2H3. The van der Waals surface area contributed by atoms with Crippen LogP contribution in [0, 0.1) is 5.41 Å². The van der Waals surface area contributed by atoms with E-state index in [4.69, 9.17) is 9.47 Å². The molecule has 0 heterocycles. The van der Waals surface area contributed by atoms with Gasteiger partial charge < -0.3 is 14.8 Å². The second kappa shape index (κ2) is 9.26. The van der Waals surface area contributed by atoms with Gasteiger partial charge in [-0.15, -0.1) is 0 Å². The van der Waals surface area contributed by atoms with E-state index in [0.29, 0.717) is 0 Å². The van der Waals surface area contributed by atoms with Crippen molar-refractivity contribution in [3.8, 4) is 0 Å². The summed E-state index contributed by atoms with van der Waals surface area (Å²) in [4.78, 5) is 24.7. The van der Waals surface area contributed by atoms with Crippen molar-refractivity contribution in [2.24, 2.45) is 5.41 Å². The molecule has 1 amide bonds. The van der Waals surface area contributed by atoms with Crippen LogP contribution in [0.1, 0.15) is 74.1 Å². The molecule has 1 rings (SSSR count). The lowest BCUT2D eigenvalue weighted by Gasteiger charge is -2.36. The predicted octanol–water partition coefficient (Wildman–Crippen LogP) is 4.09. The van der Waals surface area contributed by atoms with E-state index in [-0.39, 0.29) is 11.9 Å². The third-order valence-corrected chi connectivity index (χ3v) is 4.06. The lowest BCUT2D eigenvalue weighted by Crippen LogP contribution is -2.58. The summed E-state index contributed by atoms with van der Waals surface area (Å²) >= 11 is 0. The number of carbonyl (C=O) groups excluding carboxylic acids is 2. The van der Waals surface area contributed by atoms with Crippen molar-refractivity contribution in [3.05, 3.63) is 0 Å².